The highest BCUT2D eigenvalue weighted by Gasteiger charge is 2.41. The molecular weight excluding hydrogens is 332 g/mol. The summed E-state index contributed by atoms with van der Waals surface area (Å²) in [6, 6.07) is 5.88. The van der Waals surface area contributed by atoms with Crippen LogP contribution < -0.4 is 5.32 Å². The highest BCUT2D eigenvalue weighted by Crippen LogP contribution is 2.32. The maximum Gasteiger partial charge on any atom is 0.261 e. The third-order valence-electron chi connectivity index (χ3n) is 4.43. The molecular formula is C16H19BrN2O2. The number of imide groups is 1. The summed E-state index contributed by atoms with van der Waals surface area (Å²) in [6.07, 6.45) is 3.83. The Bertz CT molecular complexity index is 580. The summed E-state index contributed by atoms with van der Waals surface area (Å²) in [5, 5.41) is 3.45. The van der Waals surface area contributed by atoms with Crippen molar-refractivity contribution in [2.24, 2.45) is 0 Å². The van der Waals surface area contributed by atoms with Gasteiger partial charge in [-0.25, -0.2) is 0 Å². The number of fused-ring (bicyclic) bond motifs is 1. The molecule has 1 N–H and O–H groups in total. The summed E-state index contributed by atoms with van der Waals surface area (Å²) in [6.45, 7) is 3.07. The Morgan fingerprint density at radius 2 is 1.81 bits per heavy atom. The van der Waals surface area contributed by atoms with E-state index in [9.17, 15) is 9.59 Å². The normalized spacial score (nSPS) is 25.3. The molecule has 1 aliphatic carbocycles. The van der Waals surface area contributed by atoms with Crippen molar-refractivity contribution in [1.82, 2.24) is 10.2 Å². The Labute approximate surface area is 133 Å². The third kappa shape index (κ3) is 2.64. The minimum Gasteiger partial charge on any atom is -0.314 e. The Morgan fingerprint density at radius 1 is 1.14 bits per heavy atom. The lowest BCUT2D eigenvalue weighted by Gasteiger charge is -2.33. The van der Waals surface area contributed by atoms with E-state index in [1.807, 2.05) is 6.07 Å². The minimum absolute atomic E-state index is 0.0473. The van der Waals surface area contributed by atoms with Gasteiger partial charge in [-0.05, 0) is 50.4 Å². The summed E-state index contributed by atoms with van der Waals surface area (Å²) in [4.78, 5) is 26.5. The molecule has 2 amide bonds. The van der Waals surface area contributed by atoms with Crippen molar-refractivity contribution in [3.8, 4) is 0 Å². The van der Waals surface area contributed by atoms with Gasteiger partial charge < -0.3 is 5.32 Å². The molecule has 1 aromatic carbocycles. The molecule has 4 nitrogen and oxygen atoms in total. The zero-order chi connectivity index (χ0) is 15.0. The first-order chi connectivity index (χ1) is 10.1. The van der Waals surface area contributed by atoms with Crippen molar-refractivity contribution in [2.75, 3.05) is 6.54 Å². The monoisotopic (exact) mass is 350 g/mol. The average Bonchev–Trinajstić information content (AvgIpc) is 2.72. The number of halogens is 1. The van der Waals surface area contributed by atoms with E-state index in [1.54, 1.807) is 12.1 Å². The van der Waals surface area contributed by atoms with Crippen LogP contribution in [0.15, 0.2) is 22.7 Å². The van der Waals surface area contributed by atoms with E-state index in [0.29, 0.717) is 17.2 Å². The number of hydrogen-bond acceptors (Lipinski definition) is 3. The molecule has 1 aromatic rings. The predicted octanol–water partition coefficient (Wildman–Crippen LogP) is 2.97. The van der Waals surface area contributed by atoms with Gasteiger partial charge in [0, 0.05) is 16.6 Å². The van der Waals surface area contributed by atoms with Crippen molar-refractivity contribution < 1.29 is 9.59 Å². The summed E-state index contributed by atoms with van der Waals surface area (Å²) in [5.74, 6) is -0.266. The lowest BCUT2D eigenvalue weighted by molar-refractivity contribution is 0.0538. The lowest BCUT2D eigenvalue weighted by Crippen LogP contribution is -2.45. The van der Waals surface area contributed by atoms with Crippen LogP contribution in [-0.2, 0) is 0 Å². The first-order valence-electron chi connectivity index (χ1n) is 7.52. The summed E-state index contributed by atoms with van der Waals surface area (Å²) < 4.78 is 0.833. The largest absolute Gasteiger partial charge is 0.314 e. The number of nitrogens with one attached hydrogen (secondary N) is 1. The quantitative estimate of drug-likeness (QED) is 0.852. The topological polar surface area (TPSA) is 49.4 Å². The van der Waals surface area contributed by atoms with Crippen molar-refractivity contribution in [3.05, 3.63) is 33.8 Å². The molecule has 5 heteroatoms. The van der Waals surface area contributed by atoms with Gasteiger partial charge in [0.05, 0.1) is 11.1 Å². The van der Waals surface area contributed by atoms with Crippen LogP contribution in [0, 0.1) is 0 Å². The van der Waals surface area contributed by atoms with Gasteiger partial charge in [-0.1, -0.05) is 22.9 Å². The molecule has 1 aliphatic heterocycles. The van der Waals surface area contributed by atoms with Crippen molar-refractivity contribution >= 4 is 27.7 Å². The average molecular weight is 351 g/mol. The number of nitrogens with zero attached hydrogens (tertiary/aromatic N) is 1. The molecule has 0 saturated heterocycles. The molecule has 2 aliphatic rings. The van der Waals surface area contributed by atoms with Crippen LogP contribution in [0.2, 0.25) is 0 Å². The van der Waals surface area contributed by atoms with E-state index < -0.39 is 0 Å². The Balaban J connectivity index is 1.77. The molecule has 0 bridgehead atoms. The Hall–Kier alpha value is -1.20. The Morgan fingerprint density at radius 3 is 2.48 bits per heavy atom. The van der Waals surface area contributed by atoms with Gasteiger partial charge in [0.15, 0.2) is 0 Å². The zero-order valence-electron chi connectivity index (χ0n) is 12.1. The second-order valence-corrected chi connectivity index (χ2v) is 6.65. The highest BCUT2D eigenvalue weighted by atomic mass is 79.9. The zero-order valence-corrected chi connectivity index (χ0v) is 13.6. The SMILES string of the molecule is CCNC1CCC(N2C(=O)c3ccc(Br)cc3C2=O)CC1. The molecule has 1 fully saturated rings. The van der Waals surface area contributed by atoms with Gasteiger partial charge in [-0.3, -0.25) is 14.5 Å². The maximum atomic E-state index is 12.5. The molecule has 0 unspecified atom stereocenters. The number of carbonyl (C=O) groups excluding carboxylic acids is 2. The molecule has 0 aromatic heterocycles. The molecule has 0 spiro atoms. The number of rotatable bonds is 3. The van der Waals surface area contributed by atoms with Crippen LogP contribution in [0.1, 0.15) is 53.3 Å². The van der Waals surface area contributed by atoms with Crippen LogP contribution in [0.3, 0.4) is 0 Å². The third-order valence-corrected chi connectivity index (χ3v) is 4.93. The van der Waals surface area contributed by atoms with Crippen molar-refractivity contribution in [1.29, 1.82) is 0 Å². The van der Waals surface area contributed by atoms with E-state index in [4.69, 9.17) is 0 Å². The first-order valence-corrected chi connectivity index (χ1v) is 8.32. The molecule has 21 heavy (non-hydrogen) atoms. The summed E-state index contributed by atoms with van der Waals surface area (Å²) >= 11 is 3.36. The molecule has 112 valence electrons. The van der Waals surface area contributed by atoms with Gasteiger partial charge in [-0.15, -0.1) is 0 Å². The summed E-state index contributed by atoms with van der Waals surface area (Å²) in [7, 11) is 0. The van der Waals surface area contributed by atoms with E-state index in [0.717, 1.165) is 36.7 Å². The maximum absolute atomic E-state index is 12.5. The fourth-order valence-corrected chi connectivity index (χ4v) is 3.75. The van der Waals surface area contributed by atoms with E-state index in [-0.39, 0.29) is 17.9 Å². The van der Waals surface area contributed by atoms with E-state index in [2.05, 4.69) is 28.2 Å². The van der Waals surface area contributed by atoms with Gasteiger partial charge in [0.1, 0.15) is 0 Å². The van der Waals surface area contributed by atoms with E-state index in [1.165, 1.54) is 4.90 Å². The van der Waals surface area contributed by atoms with Gasteiger partial charge >= 0.3 is 0 Å². The summed E-state index contributed by atoms with van der Waals surface area (Å²) in [5.41, 5.74) is 1.07. The van der Waals surface area contributed by atoms with Gasteiger partial charge in [-0.2, -0.15) is 0 Å². The molecule has 0 radical (unpaired) electrons. The van der Waals surface area contributed by atoms with Crippen LogP contribution in [0.4, 0.5) is 0 Å². The number of benzene rings is 1. The number of amides is 2. The van der Waals surface area contributed by atoms with Crippen molar-refractivity contribution in [3.63, 3.8) is 0 Å². The van der Waals surface area contributed by atoms with Gasteiger partial charge in [0.25, 0.3) is 11.8 Å². The molecule has 1 saturated carbocycles. The molecule has 1 heterocycles. The smallest absolute Gasteiger partial charge is 0.261 e. The lowest BCUT2D eigenvalue weighted by atomic mass is 9.90. The molecule has 0 atom stereocenters. The number of carbonyl (C=O) groups is 2. The Kier molecular flexibility index (Phi) is 4.13. The van der Waals surface area contributed by atoms with Crippen molar-refractivity contribution in [2.45, 2.75) is 44.7 Å². The minimum atomic E-state index is -0.136. The van der Waals surface area contributed by atoms with Crippen LogP contribution in [-0.4, -0.2) is 35.3 Å². The second-order valence-electron chi connectivity index (χ2n) is 5.73. The van der Waals surface area contributed by atoms with E-state index >= 15 is 0 Å². The van der Waals surface area contributed by atoms with Crippen LogP contribution in [0.5, 0.6) is 0 Å². The fraction of sp³-hybridized carbons (Fsp3) is 0.500. The fourth-order valence-electron chi connectivity index (χ4n) is 3.39. The standard InChI is InChI=1S/C16H19BrN2O2/c1-2-18-11-4-6-12(7-5-11)19-15(20)13-8-3-10(17)9-14(13)16(19)21/h3,8-9,11-12,18H,2,4-7H2,1H3. The second kappa shape index (κ2) is 5.89. The first kappa shape index (κ1) is 14.7. The molecule has 3 rings (SSSR count). The number of hydrogen-bond donors (Lipinski definition) is 1. The predicted molar refractivity (Wildman–Crippen MR) is 84.4 cm³/mol. The van der Waals surface area contributed by atoms with Gasteiger partial charge in [0.2, 0.25) is 0 Å². The van der Waals surface area contributed by atoms with Crippen LogP contribution >= 0.6 is 15.9 Å². The van der Waals surface area contributed by atoms with Crippen LogP contribution in [0.25, 0.3) is 0 Å². The highest BCUT2D eigenvalue weighted by molar-refractivity contribution is 9.10.